The lowest BCUT2D eigenvalue weighted by Crippen LogP contribution is -2.36. The summed E-state index contributed by atoms with van der Waals surface area (Å²) in [4.78, 5) is 9.73. The van der Waals surface area contributed by atoms with E-state index in [0.29, 0.717) is 6.04 Å². The molecule has 2 saturated heterocycles. The van der Waals surface area contributed by atoms with E-state index in [2.05, 4.69) is 59.3 Å². The molecule has 132 valence electrons. The van der Waals surface area contributed by atoms with E-state index in [9.17, 15) is 0 Å². The highest BCUT2D eigenvalue weighted by molar-refractivity contribution is 5.44. The van der Waals surface area contributed by atoms with Crippen LogP contribution in [0, 0.1) is 6.92 Å². The van der Waals surface area contributed by atoms with Gasteiger partial charge in [0.1, 0.15) is 5.82 Å². The van der Waals surface area contributed by atoms with E-state index in [-0.39, 0.29) is 0 Å². The molecule has 1 unspecified atom stereocenters. The predicted octanol–water partition coefficient (Wildman–Crippen LogP) is 3.56. The standard InChI is InChI=1S/C21H27N3O/c1-17-14-21(23-10-12-25-13-11-23)22-15-19(17)20-8-5-9-24(20)16-18-6-3-2-4-7-18/h2-4,6-7,14-15,20H,5,8-13,16H2,1H3. The van der Waals surface area contributed by atoms with Crippen molar-refractivity contribution in [1.82, 2.24) is 9.88 Å². The fraction of sp³-hybridized carbons (Fsp3) is 0.476. The van der Waals surface area contributed by atoms with Gasteiger partial charge in [-0.25, -0.2) is 4.98 Å². The summed E-state index contributed by atoms with van der Waals surface area (Å²) < 4.78 is 5.45. The fourth-order valence-corrected chi connectivity index (χ4v) is 4.05. The Labute approximate surface area is 150 Å². The molecule has 0 spiro atoms. The van der Waals surface area contributed by atoms with Crippen LogP contribution in [0.2, 0.25) is 0 Å². The Balaban J connectivity index is 1.51. The lowest BCUT2D eigenvalue weighted by atomic mass is 10.0. The summed E-state index contributed by atoms with van der Waals surface area (Å²) in [6, 6.07) is 13.5. The van der Waals surface area contributed by atoms with Gasteiger partial charge in [-0.05, 0) is 49.1 Å². The van der Waals surface area contributed by atoms with Crippen molar-refractivity contribution in [3.63, 3.8) is 0 Å². The van der Waals surface area contributed by atoms with Crippen molar-refractivity contribution in [1.29, 1.82) is 0 Å². The van der Waals surface area contributed by atoms with Gasteiger partial charge in [0.05, 0.1) is 13.2 Å². The predicted molar refractivity (Wildman–Crippen MR) is 101 cm³/mol. The van der Waals surface area contributed by atoms with Gasteiger partial charge >= 0.3 is 0 Å². The highest BCUT2D eigenvalue weighted by atomic mass is 16.5. The molecule has 2 aliphatic heterocycles. The third-order valence-electron chi connectivity index (χ3n) is 5.42. The van der Waals surface area contributed by atoms with Gasteiger partial charge in [-0.15, -0.1) is 0 Å². The van der Waals surface area contributed by atoms with Crippen molar-refractivity contribution in [2.24, 2.45) is 0 Å². The molecule has 0 aliphatic carbocycles. The Morgan fingerprint density at radius 1 is 1.12 bits per heavy atom. The quantitative estimate of drug-likeness (QED) is 0.853. The van der Waals surface area contributed by atoms with Crippen molar-refractivity contribution in [2.45, 2.75) is 32.4 Å². The van der Waals surface area contributed by atoms with Crippen LogP contribution in [0.3, 0.4) is 0 Å². The number of aryl methyl sites for hydroxylation is 1. The number of morpholine rings is 1. The highest BCUT2D eigenvalue weighted by Crippen LogP contribution is 2.35. The SMILES string of the molecule is Cc1cc(N2CCOCC2)ncc1C1CCCN1Cc1ccccc1. The van der Waals surface area contributed by atoms with E-state index < -0.39 is 0 Å². The number of pyridine rings is 1. The second-order valence-electron chi connectivity index (χ2n) is 7.11. The molecule has 0 radical (unpaired) electrons. The first-order chi connectivity index (χ1) is 12.3. The zero-order valence-corrected chi connectivity index (χ0v) is 15.0. The molecule has 0 bridgehead atoms. The van der Waals surface area contributed by atoms with Gasteiger partial charge < -0.3 is 9.64 Å². The second kappa shape index (κ2) is 7.54. The average molecular weight is 337 g/mol. The van der Waals surface area contributed by atoms with Crippen LogP contribution in [-0.4, -0.2) is 42.7 Å². The van der Waals surface area contributed by atoms with Crippen LogP contribution in [-0.2, 0) is 11.3 Å². The molecule has 4 heteroatoms. The minimum Gasteiger partial charge on any atom is -0.378 e. The summed E-state index contributed by atoms with van der Waals surface area (Å²) in [6.45, 7) is 7.91. The minimum atomic E-state index is 0.492. The summed E-state index contributed by atoms with van der Waals surface area (Å²) in [5.74, 6) is 1.09. The zero-order chi connectivity index (χ0) is 17.1. The largest absolute Gasteiger partial charge is 0.378 e. The van der Waals surface area contributed by atoms with E-state index in [1.807, 2.05) is 0 Å². The Bertz CT molecular complexity index is 698. The van der Waals surface area contributed by atoms with Crippen LogP contribution in [0.15, 0.2) is 42.6 Å². The first-order valence-electron chi connectivity index (χ1n) is 9.38. The van der Waals surface area contributed by atoms with E-state index in [1.165, 1.54) is 36.1 Å². The Morgan fingerprint density at radius 3 is 2.68 bits per heavy atom. The molecule has 2 aromatic rings. The van der Waals surface area contributed by atoms with Gasteiger partial charge in [-0.1, -0.05) is 30.3 Å². The number of anilines is 1. The van der Waals surface area contributed by atoms with Crippen LogP contribution >= 0.6 is 0 Å². The third-order valence-corrected chi connectivity index (χ3v) is 5.42. The van der Waals surface area contributed by atoms with Crippen molar-refractivity contribution in [2.75, 3.05) is 37.7 Å². The monoisotopic (exact) mass is 337 g/mol. The fourth-order valence-electron chi connectivity index (χ4n) is 4.05. The molecular weight excluding hydrogens is 310 g/mol. The molecule has 1 aromatic heterocycles. The normalized spacial score (nSPS) is 21.6. The van der Waals surface area contributed by atoms with Gasteiger partial charge in [-0.2, -0.15) is 0 Å². The van der Waals surface area contributed by atoms with Crippen LogP contribution in [0.1, 0.15) is 35.6 Å². The maximum atomic E-state index is 5.45. The molecular formula is C21H27N3O. The van der Waals surface area contributed by atoms with Gasteiger partial charge in [0, 0.05) is 31.9 Å². The van der Waals surface area contributed by atoms with Gasteiger partial charge in [0.25, 0.3) is 0 Å². The van der Waals surface area contributed by atoms with Crippen molar-refractivity contribution in [3.8, 4) is 0 Å². The molecule has 0 N–H and O–H groups in total. The Kier molecular flexibility index (Phi) is 4.99. The van der Waals surface area contributed by atoms with Crippen molar-refractivity contribution < 1.29 is 4.74 Å². The average Bonchev–Trinajstić information content (AvgIpc) is 3.11. The Morgan fingerprint density at radius 2 is 1.92 bits per heavy atom. The lowest BCUT2D eigenvalue weighted by molar-refractivity contribution is 0.122. The molecule has 4 rings (SSSR count). The molecule has 1 atom stereocenters. The van der Waals surface area contributed by atoms with Crippen LogP contribution in [0.25, 0.3) is 0 Å². The molecule has 25 heavy (non-hydrogen) atoms. The maximum Gasteiger partial charge on any atom is 0.128 e. The molecule has 4 nitrogen and oxygen atoms in total. The van der Waals surface area contributed by atoms with Crippen LogP contribution in [0.5, 0.6) is 0 Å². The van der Waals surface area contributed by atoms with E-state index in [0.717, 1.165) is 38.7 Å². The summed E-state index contributed by atoms with van der Waals surface area (Å²) in [5.41, 5.74) is 4.15. The Hall–Kier alpha value is -1.91. The number of benzene rings is 1. The van der Waals surface area contributed by atoms with Gasteiger partial charge in [-0.3, -0.25) is 4.90 Å². The van der Waals surface area contributed by atoms with E-state index in [4.69, 9.17) is 9.72 Å². The topological polar surface area (TPSA) is 28.6 Å². The number of rotatable bonds is 4. The van der Waals surface area contributed by atoms with E-state index >= 15 is 0 Å². The zero-order valence-electron chi connectivity index (χ0n) is 15.0. The van der Waals surface area contributed by atoms with Gasteiger partial charge in [0.2, 0.25) is 0 Å². The third kappa shape index (κ3) is 3.70. The molecule has 2 fully saturated rings. The molecule has 0 saturated carbocycles. The lowest BCUT2D eigenvalue weighted by Gasteiger charge is -2.30. The van der Waals surface area contributed by atoms with Gasteiger partial charge in [0.15, 0.2) is 0 Å². The molecule has 3 heterocycles. The summed E-state index contributed by atoms with van der Waals surface area (Å²) in [5, 5.41) is 0. The number of hydrogen-bond donors (Lipinski definition) is 0. The number of aromatic nitrogens is 1. The number of hydrogen-bond acceptors (Lipinski definition) is 4. The van der Waals surface area contributed by atoms with Crippen molar-refractivity contribution >= 4 is 5.82 Å². The first kappa shape index (κ1) is 16.6. The highest BCUT2D eigenvalue weighted by Gasteiger charge is 2.27. The number of ether oxygens (including phenoxy) is 1. The summed E-state index contributed by atoms with van der Waals surface area (Å²) in [6.07, 6.45) is 4.61. The van der Waals surface area contributed by atoms with Crippen LogP contribution < -0.4 is 4.90 Å². The van der Waals surface area contributed by atoms with Crippen LogP contribution in [0.4, 0.5) is 5.82 Å². The summed E-state index contributed by atoms with van der Waals surface area (Å²) >= 11 is 0. The number of nitrogens with zero attached hydrogens (tertiary/aromatic N) is 3. The minimum absolute atomic E-state index is 0.492. The second-order valence-corrected chi connectivity index (χ2v) is 7.11. The first-order valence-corrected chi connectivity index (χ1v) is 9.38. The summed E-state index contributed by atoms with van der Waals surface area (Å²) in [7, 11) is 0. The van der Waals surface area contributed by atoms with Crippen molar-refractivity contribution in [3.05, 3.63) is 59.3 Å². The molecule has 1 aromatic carbocycles. The molecule has 0 amide bonds. The number of likely N-dealkylation sites (tertiary alicyclic amines) is 1. The maximum absolute atomic E-state index is 5.45. The molecule has 2 aliphatic rings. The van der Waals surface area contributed by atoms with E-state index in [1.54, 1.807) is 0 Å². The smallest absolute Gasteiger partial charge is 0.128 e.